The van der Waals surface area contributed by atoms with Crippen LogP contribution in [0.1, 0.15) is 11.3 Å². The van der Waals surface area contributed by atoms with Crippen molar-refractivity contribution in [2.75, 3.05) is 0 Å². The maximum atomic E-state index is 5.61. The van der Waals surface area contributed by atoms with Crippen LogP contribution in [0.4, 0.5) is 0 Å². The van der Waals surface area contributed by atoms with E-state index in [2.05, 4.69) is 15.0 Å². The van der Waals surface area contributed by atoms with Gasteiger partial charge in [-0.05, 0) is 19.1 Å². The van der Waals surface area contributed by atoms with Crippen LogP contribution < -0.4 is 5.73 Å². The van der Waals surface area contributed by atoms with Gasteiger partial charge >= 0.3 is 0 Å². The molecule has 0 radical (unpaired) electrons. The minimum Gasteiger partial charge on any atom is -0.326 e. The summed E-state index contributed by atoms with van der Waals surface area (Å²) in [6.07, 6.45) is 3.51. The van der Waals surface area contributed by atoms with Crippen molar-refractivity contribution in [1.82, 2.24) is 19.5 Å². The highest BCUT2D eigenvalue weighted by Crippen LogP contribution is 2.15. The van der Waals surface area contributed by atoms with Crippen molar-refractivity contribution in [2.24, 2.45) is 5.73 Å². The average molecular weight is 239 g/mol. The van der Waals surface area contributed by atoms with Crippen molar-refractivity contribution in [1.29, 1.82) is 0 Å². The summed E-state index contributed by atoms with van der Waals surface area (Å²) in [5.41, 5.74) is 9.40. The number of aryl methyl sites for hydroxylation is 1. The Hall–Kier alpha value is -2.27. The number of hydrogen-bond donors (Lipinski definition) is 1. The van der Waals surface area contributed by atoms with E-state index in [1.807, 2.05) is 35.8 Å². The Kier molecular flexibility index (Phi) is 2.53. The molecule has 0 fully saturated rings. The molecule has 18 heavy (non-hydrogen) atoms. The van der Waals surface area contributed by atoms with Crippen LogP contribution in [0, 0.1) is 6.92 Å². The Morgan fingerprint density at radius 2 is 2.06 bits per heavy atom. The first-order valence-electron chi connectivity index (χ1n) is 5.74. The van der Waals surface area contributed by atoms with Crippen LogP contribution in [0.25, 0.3) is 17.0 Å². The molecule has 2 aromatic heterocycles. The van der Waals surface area contributed by atoms with Gasteiger partial charge in [0.25, 0.3) is 0 Å². The fourth-order valence-corrected chi connectivity index (χ4v) is 1.91. The normalized spacial score (nSPS) is 11.0. The zero-order chi connectivity index (χ0) is 12.5. The predicted molar refractivity (Wildman–Crippen MR) is 69.3 cm³/mol. The summed E-state index contributed by atoms with van der Waals surface area (Å²) < 4.78 is 1.88. The van der Waals surface area contributed by atoms with Gasteiger partial charge in [0.2, 0.25) is 5.95 Å². The lowest BCUT2D eigenvalue weighted by Crippen LogP contribution is -2.06. The number of fused-ring (bicyclic) bond motifs is 1. The van der Waals surface area contributed by atoms with Gasteiger partial charge in [-0.2, -0.15) is 0 Å². The Morgan fingerprint density at radius 3 is 2.83 bits per heavy atom. The number of rotatable bonds is 2. The van der Waals surface area contributed by atoms with Crippen LogP contribution in [-0.4, -0.2) is 19.5 Å². The number of nitrogens with two attached hydrogens (primary N) is 1. The molecule has 0 atom stereocenters. The van der Waals surface area contributed by atoms with Crippen molar-refractivity contribution < 1.29 is 0 Å². The van der Waals surface area contributed by atoms with Crippen molar-refractivity contribution in [3.05, 3.63) is 48.0 Å². The van der Waals surface area contributed by atoms with Crippen LogP contribution in [0.5, 0.6) is 0 Å². The first-order chi connectivity index (χ1) is 8.79. The second-order valence-corrected chi connectivity index (χ2v) is 4.09. The summed E-state index contributed by atoms with van der Waals surface area (Å²) in [7, 11) is 0. The second-order valence-electron chi connectivity index (χ2n) is 4.09. The van der Waals surface area contributed by atoms with Crippen LogP contribution in [0.3, 0.4) is 0 Å². The van der Waals surface area contributed by atoms with Gasteiger partial charge in [0.05, 0.1) is 11.0 Å². The predicted octanol–water partition coefficient (Wildman–Crippen LogP) is 1.58. The summed E-state index contributed by atoms with van der Waals surface area (Å²) in [5, 5.41) is 0. The third-order valence-electron chi connectivity index (χ3n) is 2.96. The van der Waals surface area contributed by atoms with Crippen LogP contribution in [-0.2, 0) is 6.54 Å². The van der Waals surface area contributed by atoms with Crippen LogP contribution in [0.2, 0.25) is 0 Å². The minimum atomic E-state index is 0.455. The molecular formula is C13H13N5. The Labute approximate surface area is 104 Å². The number of imidazole rings is 1. The SMILES string of the molecule is Cc1nc(-n2cnc3ccccc32)ncc1CN. The molecule has 90 valence electrons. The average Bonchev–Trinajstić information content (AvgIpc) is 2.82. The highest BCUT2D eigenvalue weighted by atomic mass is 15.2. The largest absolute Gasteiger partial charge is 0.326 e. The van der Waals surface area contributed by atoms with Crippen molar-refractivity contribution >= 4 is 11.0 Å². The van der Waals surface area contributed by atoms with E-state index in [1.165, 1.54) is 0 Å². The molecule has 0 saturated heterocycles. The molecule has 0 spiro atoms. The number of benzene rings is 1. The van der Waals surface area contributed by atoms with Gasteiger partial charge in [0, 0.05) is 24.0 Å². The summed E-state index contributed by atoms with van der Waals surface area (Å²) >= 11 is 0. The molecule has 3 aromatic rings. The van der Waals surface area contributed by atoms with E-state index in [0.29, 0.717) is 12.5 Å². The number of nitrogens with zero attached hydrogens (tertiary/aromatic N) is 4. The van der Waals surface area contributed by atoms with Gasteiger partial charge in [-0.15, -0.1) is 0 Å². The molecule has 3 rings (SSSR count). The van der Waals surface area contributed by atoms with E-state index in [4.69, 9.17) is 5.73 Å². The lowest BCUT2D eigenvalue weighted by atomic mass is 10.2. The molecule has 2 N–H and O–H groups in total. The maximum Gasteiger partial charge on any atom is 0.235 e. The summed E-state index contributed by atoms with van der Waals surface area (Å²) in [5.74, 6) is 0.624. The smallest absolute Gasteiger partial charge is 0.235 e. The fourth-order valence-electron chi connectivity index (χ4n) is 1.91. The van der Waals surface area contributed by atoms with Gasteiger partial charge < -0.3 is 5.73 Å². The molecule has 0 bridgehead atoms. The van der Waals surface area contributed by atoms with Crippen LogP contribution >= 0.6 is 0 Å². The second kappa shape index (κ2) is 4.19. The van der Waals surface area contributed by atoms with Crippen molar-refractivity contribution in [2.45, 2.75) is 13.5 Å². The quantitative estimate of drug-likeness (QED) is 0.737. The topological polar surface area (TPSA) is 69.6 Å². The third kappa shape index (κ3) is 1.65. The van der Waals surface area contributed by atoms with E-state index < -0.39 is 0 Å². The number of hydrogen-bond acceptors (Lipinski definition) is 4. The molecule has 0 amide bonds. The van der Waals surface area contributed by atoms with E-state index in [0.717, 1.165) is 22.3 Å². The van der Waals surface area contributed by atoms with Gasteiger partial charge in [0.15, 0.2) is 0 Å². The van der Waals surface area contributed by atoms with E-state index in [9.17, 15) is 0 Å². The molecule has 0 aliphatic carbocycles. The Bertz CT molecular complexity index is 701. The molecule has 0 aliphatic heterocycles. The lowest BCUT2D eigenvalue weighted by molar-refractivity contribution is 0.893. The lowest BCUT2D eigenvalue weighted by Gasteiger charge is -2.06. The van der Waals surface area contributed by atoms with Gasteiger partial charge in [-0.3, -0.25) is 4.57 Å². The first-order valence-corrected chi connectivity index (χ1v) is 5.74. The van der Waals surface area contributed by atoms with E-state index in [-0.39, 0.29) is 0 Å². The van der Waals surface area contributed by atoms with E-state index in [1.54, 1.807) is 12.5 Å². The molecule has 5 nitrogen and oxygen atoms in total. The van der Waals surface area contributed by atoms with Crippen LogP contribution in [0.15, 0.2) is 36.8 Å². The Morgan fingerprint density at radius 1 is 1.22 bits per heavy atom. The molecule has 5 heteroatoms. The van der Waals surface area contributed by atoms with Crippen molar-refractivity contribution in [3.8, 4) is 5.95 Å². The Balaban J connectivity index is 2.17. The van der Waals surface area contributed by atoms with Gasteiger partial charge in [0.1, 0.15) is 6.33 Å². The molecule has 0 aliphatic rings. The molecule has 2 heterocycles. The van der Waals surface area contributed by atoms with Gasteiger partial charge in [-0.25, -0.2) is 15.0 Å². The first kappa shape index (κ1) is 10.9. The maximum absolute atomic E-state index is 5.61. The zero-order valence-electron chi connectivity index (χ0n) is 10.0. The highest BCUT2D eigenvalue weighted by molar-refractivity contribution is 5.76. The molecular weight excluding hydrogens is 226 g/mol. The molecule has 0 saturated carbocycles. The fraction of sp³-hybridized carbons (Fsp3) is 0.154. The summed E-state index contributed by atoms with van der Waals surface area (Å²) in [4.78, 5) is 13.1. The van der Waals surface area contributed by atoms with Crippen molar-refractivity contribution in [3.63, 3.8) is 0 Å². The standard InChI is InChI=1S/C13H13N5/c1-9-10(6-14)7-15-13(17-9)18-8-16-11-4-2-3-5-12(11)18/h2-5,7-8H,6,14H2,1H3. The zero-order valence-corrected chi connectivity index (χ0v) is 10.0. The van der Waals surface area contributed by atoms with Gasteiger partial charge in [-0.1, -0.05) is 12.1 Å². The van der Waals surface area contributed by atoms with E-state index >= 15 is 0 Å². The third-order valence-corrected chi connectivity index (χ3v) is 2.96. The summed E-state index contributed by atoms with van der Waals surface area (Å²) in [6.45, 7) is 2.39. The summed E-state index contributed by atoms with van der Waals surface area (Å²) in [6, 6.07) is 7.90. The molecule has 1 aromatic carbocycles. The monoisotopic (exact) mass is 239 g/mol. The highest BCUT2D eigenvalue weighted by Gasteiger charge is 2.07. The number of para-hydroxylation sites is 2. The minimum absolute atomic E-state index is 0.455. The molecule has 0 unspecified atom stereocenters. The number of aromatic nitrogens is 4.